The van der Waals surface area contributed by atoms with Crippen LogP contribution in [0, 0.1) is 29.4 Å². The van der Waals surface area contributed by atoms with Gasteiger partial charge in [-0.25, -0.2) is 6.57 Å². The fourth-order valence-corrected chi connectivity index (χ4v) is 0.0250. The third kappa shape index (κ3) is 62.1. The zero-order chi connectivity index (χ0) is 15.6. The second kappa shape index (κ2) is 20.9. The van der Waals surface area contributed by atoms with E-state index < -0.39 is 5.54 Å². The molecule has 6 heteroatoms. The van der Waals surface area contributed by atoms with Gasteiger partial charge in [0.05, 0.1) is 0 Å². The van der Waals surface area contributed by atoms with Crippen LogP contribution in [-0.4, -0.2) is 51.3 Å². The molecule has 18 heavy (non-hydrogen) atoms. The van der Waals surface area contributed by atoms with Gasteiger partial charge in [0.1, 0.15) is 0 Å². The van der Waals surface area contributed by atoms with Crippen molar-refractivity contribution in [3.8, 4) is 12.3 Å². The van der Waals surface area contributed by atoms with Crippen molar-refractivity contribution in [2.45, 2.75) is 19.4 Å². The number of hydrogen-bond acceptors (Lipinski definition) is 5. The normalized spacial score (nSPS) is 7.17. The molecule has 0 rings (SSSR count). The molecule has 0 aromatic heterocycles. The van der Waals surface area contributed by atoms with Crippen LogP contribution in [0.2, 0.25) is 0 Å². The molecule has 0 aliphatic heterocycles. The molecule has 5 nitrogen and oxygen atoms in total. The van der Waals surface area contributed by atoms with Crippen LogP contribution >= 0.6 is 11.8 Å². The standard InChI is InChI=1S/C5H6N2.C3H6N2.C2H6O.C2H6S/c1-5(2,4-6)7-3;1-5(2)3-4;2*1-3-2/h1-2H3;1-2H3;2*1-2H3. The van der Waals surface area contributed by atoms with Crippen LogP contribution in [0.5, 0.6) is 0 Å². The molecule has 0 spiro atoms. The Bertz CT molecular complexity index is 253. The van der Waals surface area contributed by atoms with E-state index in [2.05, 4.69) is 9.58 Å². The second-order valence-electron chi connectivity index (χ2n) is 3.59. The number of nitriles is 2. The molecule has 0 radical (unpaired) electrons. The first-order chi connectivity index (χ1) is 8.22. The summed E-state index contributed by atoms with van der Waals surface area (Å²) in [6, 6.07) is 1.84. The number of ether oxygens (including phenoxy) is 1. The van der Waals surface area contributed by atoms with E-state index in [1.165, 1.54) is 4.90 Å². The Morgan fingerprint density at radius 1 is 1.22 bits per heavy atom. The highest BCUT2D eigenvalue weighted by atomic mass is 32.2. The Morgan fingerprint density at radius 2 is 1.44 bits per heavy atom. The summed E-state index contributed by atoms with van der Waals surface area (Å²) in [5, 5.41) is 15.9. The van der Waals surface area contributed by atoms with Gasteiger partial charge in [-0.15, -0.1) is 0 Å². The number of thioether (sulfide) groups is 1. The zero-order valence-electron chi connectivity index (χ0n) is 12.6. The van der Waals surface area contributed by atoms with Crippen LogP contribution in [-0.2, 0) is 4.74 Å². The molecule has 0 heterocycles. The Hall–Kier alpha value is -1.42. The summed E-state index contributed by atoms with van der Waals surface area (Å²) < 4.78 is 4.25. The Kier molecular flexibility index (Phi) is 29.6. The van der Waals surface area contributed by atoms with Crippen molar-refractivity contribution in [1.29, 1.82) is 10.5 Å². The van der Waals surface area contributed by atoms with E-state index in [1.807, 2.05) is 24.8 Å². The first-order valence-electron chi connectivity index (χ1n) is 4.90. The predicted octanol–water partition coefficient (Wildman–Crippen LogP) is 2.48. The van der Waals surface area contributed by atoms with Gasteiger partial charge in [0.15, 0.2) is 12.3 Å². The van der Waals surface area contributed by atoms with Crippen molar-refractivity contribution in [1.82, 2.24) is 4.90 Å². The predicted molar refractivity (Wildman–Crippen MR) is 78.0 cm³/mol. The molecule has 0 unspecified atom stereocenters. The van der Waals surface area contributed by atoms with E-state index in [4.69, 9.17) is 17.1 Å². The van der Waals surface area contributed by atoms with Crippen LogP contribution in [0.3, 0.4) is 0 Å². The lowest BCUT2D eigenvalue weighted by molar-refractivity contribution is 0.277. The highest BCUT2D eigenvalue weighted by molar-refractivity contribution is 7.97. The first-order valence-corrected chi connectivity index (χ1v) is 6.53. The molecule has 0 aromatic carbocycles. The second-order valence-corrected chi connectivity index (χ2v) is 4.41. The molecule has 0 saturated carbocycles. The van der Waals surface area contributed by atoms with Gasteiger partial charge in [-0.1, -0.05) is 0 Å². The summed E-state index contributed by atoms with van der Waals surface area (Å²) in [5.74, 6) is 0. The fourth-order valence-electron chi connectivity index (χ4n) is 0.0250. The Morgan fingerprint density at radius 3 is 1.44 bits per heavy atom. The van der Waals surface area contributed by atoms with Crippen LogP contribution in [0.1, 0.15) is 13.8 Å². The Labute approximate surface area is 116 Å². The summed E-state index contributed by atoms with van der Waals surface area (Å²) in [5.41, 5.74) is -0.819. The van der Waals surface area contributed by atoms with Crippen molar-refractivity contribution in [2.24, 2.45) is 0 Å². The van der Waals surface area contributed by atoms with Crippen molar-refractivity contribution in [3.05, 3.63) is 11.4 Å². The molecule has 0 atom stereocenters. The lowest BCUT2D eigenvalue weighted by Gasteiger charge is -1.93. The van der Waals surface area contributed by atoms with Crippen molar-refractivity contribution < 1.29 is 4.74 Å². The van der Waals surface area contributed by atoms with Gasteiger partial charge in [0.2, 0.25) is 0 Å². The minimum atomic E-state index is -0.819. The number of hydrogen-bond donors (Lipinski definition) is 0. The van der Waals surface area contributed by atoms with Gasteiger partial charge in [-0.05, 0) is 12.5 Å². The van der Waals surface area contributed by atoms with Gasteiger partial charge < -0.3 is 9.64 Å². The van der Waals surface area contributed by atoms with Crippen LogP contribution in [0.25, 0.3) is 4.85 Å². The van der Waals surface area contributed by atoms with E-state index in [-0.39, 0.29) is 0 Å². The third-order valence-electron chi connectivity index (χ3n) is 0.753. The van der Waals surface area contributed by atoms with Crippen LogP contribution in [0.4, 0.5) is 0 Å². The Balaban J connectivity index is -0.0000000784. The summed E-state index contributed by atoms with van der Waals surface area (Å²) >= 11 is 1.75. The van der Waals surface area contributed by atoms with Gasteiger partial charge >= 0.3 is 5.54 Å². The highest BCUT2D eigenvalue weighted by Crippen LogP contribution is 2.03. The van der Waals surface area contributed by atoms with E-state index in [0.29, 0.717) is 0 Å². The van der Waals surface area contributed by atoms with E-state index in [1.54, 1.807) is 53.9 Å². The fraction of sp³-hybridized carbons (Fsp3) is 0.750. The zero-order valence-corrected chi connectivity index (χ0v) is 13.4. The molecule has 0 amide bonds. The SMILES string of the molecule is CN(C)C#N.COC.CSC.[C-]#[N+]C(C)(C)C#N. The maximum atomic E-state index is 8.13. The molecule has 0 aromatic rings. The smallest absolute Gasteiger partial charge is 0.310 e. The lowest BCUT2D eigenvalue weighted by atomic mass is 10.1. The molecule has 0 bridgehead atoms. The molecule has 0 aliphatic carbocycles. The molecular weight excluding hydrogens is 248 g/mol. The summed E-state index contributed by atoms with van der Waals surface area (Å²) in [6.45, 7) is 9.57. The number of nitrogens with zero attached hydrogens (tertiary/aromatic N) is 4. The largest absolute Gasteiger partial charge is 0.388 e. The van der Waals surface area contributed by atoms with Gasteiger partial charge in [0, 0.05) is 42.2 Å². The average Bonchev–Trinajstić information content (AvgIpc) is 2.32. The maximum Gasteiger partial charge on any atom is 0.310 e. The topological polar surface area (TPSA) is 64.4 Å². The third-order valence-corrected chi connectivity index (χ3v) is 0.753. The average molecular weight is 272 g/mol. The van der Waals surface area contributed by atoms with Gasteiger partial charge in [0.25, 0.3) is 0 Å². The van der Waals surface area contributed by atoms with E-state index >= 15 is 0 Å². The minimum Gasteiger partial charge on any atom is -0.388 e. The lowest BCUT2D eigenvalue weighted by Crippen LogP contribution is -2.08. The molecule has 0 fully saturated rings. The number of methoxy groups -OCH3 is 1. The van der Waals surface area contributed by atoms with E-state index in [9.17, 15) is 0 Å². The van der Waals surface area contributed by atoms with Crippen LogP contribution < -0.4 is 0 Å². The van der Waals surface area contributed by atoms with Crippen molar-refractivity contribution in [2.75, 3.05) is 40.8 Å². The minimum absolute atomic E-state index is 0.819. The summed E-state index contributed by atoms with van der Waals surface area (Å²) in [6.07, 6.45) is 5.94. The van der Waals surface area contributed by atoms with E-state index in [0.717, 1.165) is 0 Å². The van der Waals surface area contributed by atoms with Crippen molar-refractivity contribution in [3.63, 3.8) is 0 Å². The maximum absolute atomic E-state index is 8.13. The quantitative estimate of drug-likeness (QED) is 0.385. The van der Waals surface area contributed by atoms with Crippen molar-refractivity contribution >= 4 is 11.8 Å². The molecule has 0 aliphatic rings. The molecular formula is C12H24N4OS. The summed E-state index contributed by atoms with van der Waals surface area (Å²) in [4.78, 5) is 4.46. The van der Waals surface area contributed by atoms with Gasteiger partial charge in [-0.2, -0.15) is 22.3 Å². The molecule has 104 valence electrons. The first kappa shape index (κ1) is 25.4. The number of rotatable bonds is 0. The highest BCUT2D eigenvalue weighted by Gasteiger charge is 2.19. The van der Waals surface area contributed by atoms with Gasteiger partial charge in [-0.3, -0.25) is 4.85 Å². The summed E-state index contributed by atoms with van der Waals surface area (Å²) in [7, 11) is 6.64. The molecule has 0 saturated heterocycles. The monoisotopic (exact) mass is 272 g/mol. The van der Waals surface area contributed by atoms with Crippen LogP contribution in [0.15, 0.2) is 0 Å². The molecule has 0 N–H and O–H groups in total.